The predicted molar refractivity (Wildman–Crippen MR) is 205 cm³/mol. The van der Waals surface area contributed by atoms with Crippen LogP contribution < -0.4 is 0 Å². The van der Waals surface area contributed by atoms with Crippen LogP contribution in [0.2, 0.25) is 0 Å². The number of hydrogen-bond acceptors (Lipinski definition) is 5. The van der Waals surface area contributed by atoms with E-state index in [2.05, 4.69) is 45.1 Å². The van der Waals surface area contributed by atoms with E-state index in [0.29, 0.717) is 19.4 Å². The van der Waals surface area contributed by atoms with Crippen LogP contribution in [0.1, 0.15) is 213 Å². The largest absolute Gasteiger partial charge is 0.462 e. The lowest BCUT2D eigenvalue weighted by molar-refractivity contribution is -0.163. The molecular weight excluding hydrogens is 596 g/mol. The van der Waals surface area contributed by atoms with Gasteiger partial charge >= 0.3 is 11.9 Å². The third kappa shape index (κ3) is 37.2. The minimum Gasteiger partial charge on any atom is -0.462 e. The molecule has 1 atom stereocenters. The number of ether oxygens (including phenoxy) is 3. The van der Waals surface area contributed by atoms with Crippen LogP contribution in [-0.4, -0.2) is 37.9 Å². The maximum absolute atomic E-state index is 12.6. The Morgan fingerprint density at radius 3 is 1.35 bits per heavy atom. The van der Waals surface area contributed by atoms with Gasteiger partial charge in [0.25, 0.3) is 0 Å². The molecule has 0 aromatic heterocycles. The summed E-state index contributed by atoms with van der Waals surface area (Å²) >= 11 is 0. The fraction of sp³-hybridized carbons (Fsp3) is 0.860. The fourth-order valence-corrected chi connectivity index (χ4v) is 5.78. The summed E-state index contributed by atoms with van der Waals surface area (Å²) < 4.78 is 17.2. The number of esters is 2. The minimum atomic E-state index is -0.531. The molecule has 0 saturated carbocycles. The highest BCUT2D eigenvalue weighted by Crippen LogP contribution is 2.13. The molecule has 0 amide bonds. The van der Waals surface area contributed by atoms with Crippen LogP contribution in [0.5, 0.6) is 0 Å². The van der Waals surface area contributed by atoms with Crippen molar-refractivity contribution < 1.29 is 23.8 Å². The van der Waals surface area contributed by atoms with Gasteiger partial charge in [-0.05, 0) is 64.2 Å². The fourth-order valence-electron chi connectivity index (χ4n) is 5.78. The van der Waals surface area contributed by atoms with Crippen LogP contribution >= 0.6 is 0 Å². The van der Waals surface area contributed by atoms with Crippen LogP contribution in [0.25, 0.3) is 0 Å². The molecule has 1 unspecified atom stereocenters. The van der Waals surface area contributed by atoms with Gasteiger partial charge in [-0.3, -0.25) is 9.59 Å². The number of unbranched alkanes of at least 4 members (excludes halogenated alkanes) is 23. The zero-order valence-electron chi connectivity index (χ0n) is 32.3. The normalized spacial score (nSPS) is 12.3. The Morgan fingerprint density at radius 1 is 0.438 bits per heavy atom. The second-order valence-corrected chi connectivity index (χ2v) is 13.9. The number of carbonyl (C=O) groups is 2. The molecule has 0 aliphatic heterocycles. The monoisotopic (exact) mass is 677 g/mol. The molecule has 282 valence electrons. The third-order valence-corrected chi connectivity index (χ3v) is 8.96. The molecule has 0 bridgehead atoms. The van der Waals surface area contributed by atoms with Crippen LogP contribution in [0, 0.1) is 0 Å². The summed E-state index contributed by atoms with van der Waals surface area (Å²) in [5.74, 6) is -0.412. The zero-order chi connectivity index (χ0) is 35.0. The highest BCUT2D eigenvalue weighted by Gasteiger charge is 2.17. The summed E-state index contributed by atoms with van der Waals surface area (Å²) in [4.78, 5) is 25.0. The van der Waals surface area contributed by atoms with Crippen molar-refractivity contribution in [1.82, 2.24) is 0 Å². The van der Waals surface area contributed by atoms with Gasteiger partial charge in [0.1, 0.15) is 6.61 Å². The van der Waals surface area contributed by atoms with E-state index >= 15 is 0 Å². The third-order valence-electron chi connectivity index (χ3n) is 8.96. The molecule has 0 heterocycles. The molecule has 5 nitrogen and oxygen atoms in total. The summed E-state index contributed by atoms with van der Waals surface area (Å²) in [6, 6.07) is 0. The molecule has 0 aromatic carbocycles. The first-order valence-corrected chi connectivity index (χ1v) is 20.9. The maximum atomic E-state index is 12.6. The van der Waals surface area contributed by atoms with Crippen molar-refractivity contribution >= 4 is 11.9 Å². The lowest BCUT2D eigenvalue weighted by atomic mass is 10.1. The Labute approximate surface area is 298 Å². The van der Waals surface area contributed by atoms with Crippen molar-refractivity contribution in [2.24, 2.45) is 0 Å². The molecular formula is C43H80O5. The van der Waals surface area contributed by atoms with Crippen molar-refractivity contribution in [3.8, 4) is 0 Å². The van der Waals surface area contributed by atoms with Gasteiger partial charge in [-0.15, -0.1) is 0 Å². The van der Waals surface area contributed by atoms with Crippen molar-refractivity contribution in [3.63, 3.8) is 0 Å². The van der Waals surface area contributed by atoms with Gasteiger partial charge < -0.3 is 14.2 Å². The van der Waals surface area contributed by atoms with Gasteiger partial charge in [0.2, 0.25) is 0 Å². The quantitative estimate of drug-likeness (QED) is 0.0370. The highest BCUT2D eigenvalue weighted by molar-refractivity contribution is 5.70. The molecule has 0 aromatic rings. The maximum Gasteiger partial charge on any atom is 0.306 e. The van der Waals surface area contributed by atoms with E-state index < -0.39 is 6.10 Å². The summed E-state index contributed by atoms with van der Waals surface area (Å²) in [7, 11) is 0. The van der Waals surface area contributed by atoms with Gasteiger partial charge in [-0.2, -0.15) is 0 Å². The van der Waals surface area contributed by atoms with Crippen molar-refractivity contribution in [1.29, 1.82) is 0 Å². The van der Waals surface area contributed by atoms with Gasteiger partial charge in [-0.1, -0.05) is 161 Å². The predicted octanol–water partition coefficient (Wildman–Crippen LogP) is 13.3. The molecule has 0 aliphatic carbocycles. The standard InChI is InChI=1S/C43H80O5/c1-4-7-10-13-16-18-20-22-23-25-28-30-33-36-42(44)47-40-41(48-43(45)37-34-31-27-15-12-9-6-3)39-46-38-35-32-29-26-24-21-19-17-14-11-8-5-2/h14,17-18,20,41H,4-13,15-16,19,21-40H2,1-3H3/b17-14-,20-18-. The smallest absolute Gasteiger partial charge is 0.306 e. The van der Waals surface area contributed by atoms with E-state index in [-0.39, 0.29) is 25.2 Å². The summed E-state index contributed by atoms with van der Waals surface area (Å²) in [6.07, 6.45) is 43.2. The Hall–Kier alpha value is -1.62. The molecule has 48 heavy (non-hydrogen) atoms. The SMILES string of the molecule is CCCC/C=C\CCCCCCCCOCC(COC(=O)CCCCCCC/C=C\CCCCCC)OC(=O)CCCCCCCCC. The Morgan fingerprint density at radius 2 is 0.833 bits per heavy atom. The number of hydrogen-bond donors (Lipinski definition) is 0. The molecule has 5 heteroatoms. The average molecular weight is 677 g/mol. The zero-order valence-corrected chi connectivity index (χ0v) is 32.3. The van der Waals surface area contributed by atoms with E-state index in [4.69, 9.17) is 14.2 Å². The minimum absolute atomic E-state index is 0.0826. The summed E-state index contributed by atoms with van der Waals surface area (Å²) in [5, 5.41) is 0. The van der Waals surface area contributed by atoms with E-state index in [1.807, 2.05) is 0 Å². The van der Waals surface area contributed by atoms with Gasteiger partial charge in [-0.25, -0.2) is 0 Å². The van der Waals surface area contributed by atoms with E-state index in [1.165, 1.54) is 128 Å². The van der Waals surface area contributed by atoms with Gasteiger partial charge in [0.05, 0.1) is 6.61 Å². The first kappa shape index (κ1) is 46.4. The lowest BCUT2D eigenvalue weighted by Crippen LogP contribution is -2.30. The van der Waals surface area contributed by atoms with Crippen molar-refractivity contribution in [2.75, 3.05) is 19.8 Å². The molecule has 0 spiro atoms. The summed E-state index contributed by atoms with van der Waals surface area (Å²) in [6.45, 7) is 7.73. The molecule has 0 saturated heterocycles. The van der Waals surface area contributed by atoms with Crippen LogP contribution in [0.15, 0.2) is 24.3 Å². The lowest BCUT2D eigenvalue weighted by Gasteiger charge is -2.18. The van der Waals surface area contributed by atoms with E-state index in [9.17, 15) is 9.59 Å². The van der Waals surface area contributed by atoms with Crippen molar-refractivity contribution in [3.05, 3.63) is 24.3 Å². The topological polar surface area (TPSA) is 61.8 Å². The molecule has 0 rings (SSSR count). The number of allylic oxidation sites excluding steroid dienone is 4. The molecule has 0 fully saturated rings. The first-order valence-electron chi connectivity index (χ1n) is 20.9. The average Bonchev–Trinajstić information content (AvgIpc) is 3.08. The molecule has 0 aliphatic rings. The van der Waals surface area contributed by atoms with Crippen LogP contribution in [-0.2, 0) is 23.8 Å². The van der Waals surface area contributed by atoms with Crippen LogP contribution in [0.4, 0.5) is 0 Å². The van der Waals surface area contributed by atoms with Gasteiger partial charge in [0.15, 0.2) is 6.10 Å². The Balaban J connectivity index is 4.18. The number of carbonyl (C=O) groups excluding carboxylic acids is 2. The van der Waals surface area contributed by atoms with Gasteiger partial charge in [0, 0.05) is 19.4 Å². The highest BCUT2D eigenvalue weighted by atomic mass is 16.6. The van der Waals surface area contributed by atoms with Crippen molar-refractivity contribution in [2.45, 2.75) is 219 Å². The molecule has 0 radical (unpaired) electrons. The Bertz CT molecular complexity index is 731. The van der Waals surface area contributed by atoms with Crippen LogP contribution in [0.3, 0.4) is 0 Å². The van der Waals surface area contributed by atoms with E-state index in [1.54, 1.807) is 0 Å². The second-order valence-electron chi connectivity index (χ2n) is 13.9. The molecule has 0 N–H and O–H groups in total. The second kappa shape index (κ2) is 39.8. The Kier molecular flexibility index (Phi) is 38.5. The first-order chi connectivity index (χ1) is 23.6. The number of rotatable bonds is 38. The summed E-state index contributed by atoms with van der Waals surface area (Å²) in [5.41, 5.74) is 0. The van der Waals surface area contributed by atoms with E-state index in [0.717, 1.165) is 51.4 Å².